The Hall–Kier alpha value is -0.0662. The molecule has 0 aliphatic heterocycles. The predicted octanol–water partition coefficient (Wildman–Crippen LogP) is 3.27. The van der Waals surface area contributed by atoms with Crippen molar-refractivity contribution in [2.75, 3.05) is 0 Å². The number of unbranched alkanes of at least 4 members (excludes halogenated alkanes) is 2. The van der Waals surface area contributed by atoms with Crippen LogP contribution >= 0.6 is 0 Å². The first-order valence-electron chi connectivity index (χ1n) is 8.29. The molecule has 1 atom stereocenters. The maximum Gasteiger partial charge on any atom is 0.203 e. The lowest BCUT2D eigenvalue weighted by Gasteiger charge is -2.54. The Morgan fingerprint density at radius 2 is 1.48 bits per heavy atom. The van der Waals surface area contributed by atoms with E-state index >= 15 is 0 Å². The molecule has 0 radical (unpaired) electrons. The van der Waals surface area contributed by atoms with E-state index in [0.717, 1.165) is 26.7 Å². The van der Waals surface area contributed by atoms with E-state index in [-0.39, 0.29) is 16.4 Å². The number of allylic oxidation sites excluding steroid dienone is 1. The van der Waals surface area contributed by atoms with Gasteiger partial charge in [-0.25, -0.2) is 0 Å². The molecule has 0 heterocycles. The van der Waals surface area contributed by atoms with Gasteiger partial charge in [0.05, 0.1) is 11.4 Å². The zero-order valence-electron chi connectivity index (χ0n) is 16.1. The minimum atomic E-state index is -0.175. The van der Waals surface area contributed by atoms with Gasteiger partial charge in [0.15, 0.2) is 0 Å². The normalized spacial score (nSPS) is 17.5. The summed E-state index contributed by atoms with van der Waals surface area (Å²) >= 11 is 0. The Morgan fingerprint density at radius 1 is 0.952 bits per heavy atom. The third-order valence-corrected chi connectivity index (χ3v) is 7.50. The van der Waals surface area contributed by atoms with Crippen LogP contribution in [0.2, 0.25) is 0 Å². The van der Waals surface area contributed by atoms with Gasteiger partial charge in [-0.05, 0) is 38.2 Å². The van der Waals surface area contributed by atoms with Crippen LogP contribution in [-0.2, 0) is 8.85 Å². The van der Waals surface area contributed by atoms with Crippen molar-refractivity contribution in [3.8, 4) is 0 Å². The van der Waals surface area contributed by atoms with E-state index in [1.54, 1.807) is 0 Å². The highest BCUT2D eigenvalue weighted by Crippen LogP contribution is 2.52. The van der Waals surface area contributed by atoms with Gasteiger partial charge >= 0.3 is 0 Å². The molecule has 0 spiro atoms. The quantitative estimate of drug-likeness (QED) is 0.367. The SMILES string of the molecule is CCCCCC(C)(C)C(C)(O[SiH3])C(C)(C)C(C)=C(C)O[SiH3]. The summed E-state index contributed by atoms with van der Waals surface area (Å²) in [4.78, 5) is 0. The molecule has 21 heavy (non-hydrogen) atoms. The maximum atomic E-state index is 6.27. The molecule has 4 heteroatoms. The number of hydrogen-bond acceptors (Lipinski definition) is 2. The van der Waals surface area contributed by atoms with Crippen LogP contribution in [0.3, 0.4) is 0 Å². The first-order chi connectivity index (χ1) is 9.51. The Labute approximate surface area is 139 Å². The average molecular weight is 331 g/mol. The standard InChI is InChI=1S/C17H38O2Si2/c1-9-10-11-12-15(4,5)17(8,19-21)16(6,7)13(2)14(3)18-20/h9-12H2,1-8,20-21H3. The third kappa shape index (κ3) is 4.23. The van der Waals surface area contributed by atoms with E-state index in [0.29, 0.717) is 0 Å². The highest BCUT2D eigenvalue weighted by Gasteiger charge is 2.52. The molecule has 0 aliphatic carbocycles. The first kappa shape index (κ1) is 20.9. The lowest BCUT2D eigenvalue weighted by Crippen LogP contribution is -2.55. The smallest absolute Gasteiger partial charge is 0.203 e. The second-order valence-corrected chi connectivity index (χ2v) is 8.41. The maximum absolute atomic E-state index is 6.27. The van der Waals surface area contributed by atoms with Gasteiger partial charge in [-0.2, -0.15) is 0 Å². The fourth-order valence-electron chi connectivity index (χ4n) is 3.38. The Balaban J connectivity index is 5.61. The molecule has 2 nitrogen and oxygen atoms in total. The van der Waals surface area contributed by atoms with Gasteiger partial charge < -0.3 is 8.85 Å². The van der Waals surface area contributed by atoms with Crippen molar-refractivity contribution in [3.63, 3.8) is 0 Å². The molecule has 0 aromatic carbocycles. The molecule has 0 aliphatic rings. The zero-order chi connectivity index (χ0) is 16.9. The van der Waals surface area contributed by atoms with Crippen molar-refractivity contribution in [3.05, 3.63) is 11.3 Å². The van der Waals surface area contributed by atoms with E-state index in [4.69, 9.17) is 8.85 Å². The van der Waals surface area contributed by atoms with Gasteiger partial charge in [0.25, 0.3) is 0 Å². The summed E-state index contributed by atoms with van der Waals surface area (Å²) in [5.74, 6) is 1.07. The van der Waals surface area contributed by atoms with Crippen LogP contribution in [0.4, 0.5) is 0 Å². The fourth-order valence-corrected chi connectivity index (χ4v) is 4.75. The van der Waals surface area contributed by atoms with Crippen molar-refractivity contribution in [1.82, 2.24) is 0 Å². The van der Waals surface area contributed by atoms with Gasteiger partial charge in [0, 0.05) is 5.41 Å². The van der Waals surface area contributed by atoms with Crippen molar-refractivity contribution in [2.24, 2.45) is 10.8 Å². The highest BCUT2D eigenvalue weighted by atomic mass is 28.2. The summed E-state index contributed by atoms with van der Waals surface area (Å²) in [5, 5.41) is 0. The summed E-state index contributed by atoms with van der Waals surface area (Å²) < 4.78 is 11.9. The molecular formula is C17H38O2Si2. The van der Waals surface area contributed by atoms with Crippen molar-refractivity contribution in [2.45, 2.75) is 86.7 Å². The molecule has 0 bridgehead atoms. The Kier molecular flexibility index (Phi) is 7.95. The fraction of sp³-hybridized carbons (Fsp3) is 0.882. The van der Waals surface area contributed by atoms with E-state index < -0.39 is 0 Å². The first-order valence-corrected chi connectivity index (χ1v) is 9.92. The van der Waals surface area contributed by atoms with Crippen LogP contribution in [-0.4, -0.2) is 26.6 Å². The van der Waals surface area contributed by atoms with E-state index in [1.165, 1.54) is 31.3 Å². The van der Waals surface area contributed by atoms with E-state index in [9.17, 15) is 0 Å². The molecule has 0 N–H and O–H groups in total. The molecule has 0 saturated heterocycles. The highest BCUT2D eigenvalue weighted by molar-refractivity contribution is 5.99. The Bertz CT molecular complexity index is 362. The van der Waals surface area contributed by atoms with E-state index in [1.807, 2.05) is 0 Å². The summed E-state index contributed by atoms with van der Waals surface area (Å²) in [7, 11) is 1.50. The molecule has 0 rings (SSSR count). The van der Waals surface area contributed by atoms with Crippen LogP contribution in [0.5, 0.6) is 0 Å². The number of hydrogen-bond donors (Lipinski definition) is 0. The molecule has 0 amide bonds. The van der Waals surface area contributed by atoms with Crippen molar-refractivity contribution < 1.29 is 8.85 Å². The molecule has 0 aromatic heterocycles. The molecule has 1 unspecified atom stereocenters. The monoisotopic (exact) mass is 330 g/mol. The molecule has 0 fully saturated rings. The van der Waals surface area contributed by atoms with Crippen molar-refractivity contribution in [1.29, 1.82) is 0 Å². The lowest BCUT2D eigenvalue weighted by molar-refractivity contribution is -0.101. The van der Waals surface area contributed by atoms with Gasteiger partial charge in [0.1, 0.15) is 10.5 Å². The third-order valence-electron chi connectivity index (χ3n) is 6.07. The minimum Gasteiger partial charge on any atom is -0.556 e. The second-order valence-electron chi connectivity index (χ2n) is 7.59. The predicted molar refractivity (Wildman–Crippen MR) is 101 cm³/mol. The number of rotatable bonds is 9. The van der Waals surface area contributed by atoms with Gasteiger partial charge in [-0.3, -0.25) is 0 Å². The largest absolute Gasteiger partial charge is 0.556 e. The van der Waals surface area contributed by atoms with Crippen LogP contribution < -0.4 is 0 Å². The Morgan fingerprint density at radius 3 is 1.86 bits per heavy atom. The summed E-state index contributed by atoms with van der Waals surface area (Å²) in [6.45, 7) is 18.2. The van der Waals surface area contributed by atoms with Gasteiger partial charge in [0.2, 0.25) is 10.5 Å². The van der Waals surface area contributed by atoms with Crippen molar-refractivity contribution >= 4 is 21.0 Å². The van der Waals surface area contributed by atoms with E-state index in [2.05, 4.69) is 55.4 Å². The average Bonchev–Trinajstić information content (AvgIpc) is 2.44. The lowest BCUT2D eigenvalue weighted by atomic mass is 9.58. The molecular weight excluding hydrogens is 292 g/mol. The zero-order valence-corrected chi connectivity index (χ0v) is 20.1. The molecule has 126 valence electrons. The van der Waals surface area contributed by atoms with Crippen LogP contribution in [0.1, 0.15) is 81.1 Å². The summed E-state index contributed by atoms with van der Waals surface area (Å²) in [5.41, 5.74) is 1.24. The molecule has 0 aromatic rings. The van der Waals surface area contributed by atoms with Crippen LogP contribution in [0, 0.1) is 10.8 Å². The topological polar surface area (TPSA) is 18.5 Å². The van der Waals surface area contributed by atoms with Gasteiger partial charge in [-0.15, -0.1) is 0 Å². The van der Waals surface area contributed by atoms with Crippen LogP contribution in [0.25, 0.3) is 0 Å². The summed E-state index contributed by atoms with van der Waals surface area (Å²) in [6, 6.07) is 0. The summed E-state index contributed by atoms with van der Waals surface area (Å²) in [6.07, 6.45) is 5.05. The minimum absolute atomic E-state index is 0.0427. The van der Waals surface area contributed by atoms with Gasteiger partial charge in [-0.1, -0.05) is 53.9 Å². The second kappa shape index (κ2) is 7.98. The van der Waals surface area contributed by atoms with Crippen LogP contribution in [0.15, 0.2) is 11.3 Å². The molecule has 0 saturated carbocycles.